The molecule has 22 heavy (non-hydrogen) atoms. The Morgan fingerprint density at radius 3 is 2.09 bits per heavy atom. The number of rotatable bonds is 3. The molecule has 2 aromatic carbocycles. The zero-order valence-electron chi connectivity index (χ0n) is 12.6. The lowest BCUT2D eigenvalue weighted by atomic mass is 9.84. The van der Waals surface area contributed by atoms with Crippen LogP contribution in [0.5, 0.6) is 0 Å². The highest BCUT2D eigenvalue weighted by Gasteiger charge is 2.59. The fourth-order valence-electron chi connectivity index (χ4n) is 3.48. The van der Waals surface area contributed by atoms with Gasteiger partial charge in [-0.1, -0.05) is 48.5 Å². The van der Waals surface area contributed by atoms with Crippen LogP contribution in [0.2, 0.25) is 0 Å². The number of alkyl halides is 3. The van der Waals surface area contributed by atoms with Crippen LogP contribution in [0.1, 0.15) is 23.1 Å². The summed E-state index contributed by atoms with van der Waals surface area (Å²) in [6.45, 7) is 0. The third kappa shape index (κ3) is 2.31. The van der Waals surface area contributed by atoms with Crippen molar-refractivity contribution >= 4 is 0 Å². The minimum absolute atomic E-state index is 0.0819. The predicted molar refractivity (Wildman–Crippen MR) is 80.8 cm³/mol. The number of halogens is 3. The third-order valence-corrected chi connectivity index (χ3v) is 4.55. The van der Waals surface area contributed by atoms with Crippen molar-refractivity contribution < 1.29 is 13.2 Å². The average Bonchev–Trinajstić information content (AvgIpc) is 3.24. The van der Waals surface area contributed by atoms with Crippen molar-refractivity contribution in [2.75, 3.05) is 14.1 Å². The highest BCUT2D eigenvalue weighted by atomic mass is 19.4. The van der Waals surface area contributed by atoms with Gasteiger partial charge in [-0.3, -0.25) is 0 Å². The second kappa shape index (κ2) is 5.13. The summed E-state index contributed by atoms with van der Waals surface area (Å²) in [6, 6.07) is 15.6. The van der Waals surface area contributed by atoms with Crippen LogP contribution in [-0.2, 0) is 11.6 Å². The zero-order chi connectivity index (χ0) is 16.0. The van der Waals surface area contributed by atoms with Gasteiger partial charge in [0, 0.05) is 11.5 Å². The van der Waals surface area contributed by atoms with E-state index in [0.29, 0.717) is 12.0 Å². The Labute approximate surface area is 128 Å². The van der Waals surface area contributed by atoms with Crippen molar-refractivity contribution in [1.29, 1.82) is 0 Å². The molecule has 0 spiro atoms. The van der Waals surface area contributed by atoms with Gasteiger partial charge in [-0.15, -0.1) is 0 Å². The highest BCUT2D eigenvalue weighted by molar-refractivity contribution is 5.53. The smallest absolute Gasteiger partial charge is 0.305 e. The highest BCUT2D eigenvalue weighted by Crippen LogP contribution is 2.57. The molecule has 2 aromatic rings. The molecule has 116 valence electrons. The summed E-state index contributed by atoms with van der Waals surface area (Å²) in [5.41, 5.74) is 0.234. The van der Waals surface area contributed by atoms with Crippen LogP contribution in [0.4, 0.5) is 13.2 Å². The second-order valence-corrected chi connectivity index (χ2v) is 6.06. The first-order valence-corrected chi connectivity index (χ1v) is 7.26. The maximum atomic E-state index is 13.4. The molecule has 1 fully saturated rings. The number of benzene rings is 2. The van der Waals surface area contributed by atoms with Gasteiger partial charge in [0.25, 0.3) is 0 Å². The van der Waals surface area contributed by atoms with Gasteiger partial charge in [0.15, 0.2) is 0 Å². The Balaban J connectivity index is 2.19. The van der Waals surface area contributed by atoms with Gasteiger partial charge in [0.05, 0.1) is 5.56 Å². The summed E-state index contributed by atoms with van der Waals surface area (Å²) in [4.78, 5) is 2.01. The van der Waals surface area contributed by atoms with Gasteiger partial charge in [0.2, 0.25) is 0 Å². The van der Waals surface area contributed by atoms with Gasteiger partial charge >= 0.3 is 6.18 Å². The van der Waals surface area contributed by atoms with E-state index in [1.54, 1.807) is 12.1 Å². The van der Waals surface area contributed by atoms with Crippen molar-refractivity contribution in [3.63, 3.8) is 0 Å². The van der Waals surface area contributed by atoms with Gasteiger partial charge in [-0.25, -0.2) is 0 Å². The summed E-state index contributed by atoms with van der Waals surface area (Å²) >= 11 is 0. The molecule has 0 aromatic heterocycles. The fraction of sp³-hybridized carbons (Fsp3) is 0.333. The average molecular weight is 305 g/mol. The van der Waals surface area contributed by atoms with Crippen LogP contribution in [0.25, 0.3) is 0 Å². The van der Waals surface area contributed by atoms with Gasteiger partial charge in [0.1, 0.15) is 0 Å². The first-order valence-electron chi connectivity index (χ1n) is 7.26. The summed E-state index contributed by atoms with van der Waals surface area (Å²) in [6.07, 6.45) is -3.63. The van der Waals surface area contributed by atoms with Gasteiger partial charge < -0.3 is 4.90 Å². The molecule has 0 heterocycles. The minimum Gasteiger partial charge on any atom is -0.305 e. The van der Waals surface area contributed by atoms with Crippen molar-refractivity contribution in [3.8, 4) is 0 Å². The molecular formula is C18H18F3N. The summed E-state index contributed by atoms with van der Waals surface area (Å²) in [7, 11) is 3.84. The van der Waals surface area contributed by atoms with E-state index in [1.807, 2.05) is 49.3 Å². The maximum absolute atomic E-state index is 13.4. The largest absolute Gasteiger partial charge is 0.416 e. The monoisotopic (exact) mass is 305 g/mol. The first kappa shape index (κ1) is 15.1. The van der Waals surface area contributed by atoms with Crippen LogP contribution >= 0.6 is 0 Å². The lowest BCUT2D eigenvalue weighted by Gasteiger charge is -2.25. The van der Waals surface area contributed by atoms with E-state index < -0.39 is 17.2 Å². The van der Waals surface area contributed by atoms with E-state index in [0.717, 1.165) is 5.56 Å². The summed E-state index contributed by atoms with van der Waals surface area (Å²) in [5, 5.41) is 0. The molecule has 1 saturated carbocycles. The molecule has 0 bridgehead atoms. The quantitative estimate of drug-likeness (QED) is 0.816. The van der Waals surface area contributed by atoms with Gasteiger partial charge in [-0.05, 0) is 37.7 Å². The Morgan fingerprint density at radius 2 is 1.55 bits per heavy atom. The Morgan fingerprint density at radius 1 is 0.955 bits per heavy atom. The lowest BCUT2D eigenvalue weighted by Crippen LogP contribution is -2.27. The molecular weight excluding hydrogens is 287 g/mol. The van der Waals surface area contributed by atoms with E-state index in [9.17, 15) is 13.2 Å². The summed E-state index contributed by atoms with van der Waals surface area (Å²) in [5.74, 6) is 0. The molecule has 0 N–H and O–H groups in total. The maximum Gasteiger partial charge on any atom is 0.416 e. The Hall–Kier alpha value is -1.81. The molecule has 0 amide bonds. The molecule has 2 unspecified atom stereocenters. The van der Waals surface area contributed by atoms with E-state index in [2.05, 4.69) is 0 Å². The Kier molecular flexibility index (Phi) is 3.52. The predicted octanol–water partition coefficient (Wildman–Crippen LogP) is 4.33. The van der Waals surface area contributed by atoms with Crippen LogP contribution in [0.15, 0.2) is 54.6 Å². The van der Waals surface area contributed by atoms with E-state index in [1.165, 1.54) is 12.1 Å². The van der Waals surface area contributed by atoms with Crippen molar-refractivity contribution in [2.24, 2.45) is 0 Å². The SMILES string of the molecule is CN(C)C1CC1(c1ccccc1)c1ccccc1C(F)(F)F. The molecule has 1 aliphatic carbocycles. The molecule has 2 atom stereocenters. The fourth-order valence-corrected chi connectivity index (χ4v) is 3.48. The molecule has 0 aliphatic heterocycles. The van der Waals surface area contributed by atoms with Crippen LogP contribution in [-0.4, -0.2) is 25.0 Å². The molecule has 1 aliphatic rings. The molecule has 1 nitrogen and oxygen atoms in total. The number of hydrogen-bond donors (Lipinski definition) is 0. The van der Waals surface area contributed by atoms with Crippen molar-refractivity contribution in [1.82, 2.24) is 4.90 Å². The zero-order valence-corrected chi connectivity index (χ0v) is 12.6. The topological polar surface area (TPSA) is 3.24 Å². The molecule has 0 saturated heterocycles. The van der Waals surface area contributed by atoms with Crippen LogP contribution in [0.3, 0.4) is 0 Å². The van der Waals surface area contributed by atoms with Crippen molar-refractivity contribution in [3.05, 3.63) is 71.3 Å². The van der Waals surface area contributed by atoms with E-state index >= 15 is 0 Å². The van der Waals surface area contributed by atoms with E-state index in [4.69, 9.17) is 0 Å². The lowest BCUT2D eigenvalue weighted by molar-refractivity contribution is -0.138. The molecule has 3 rings (SSSR count). The molecule has 0 radical (unpaired) electrons. The summed E-state index contributed by atoms with van der Waals surface area (Å²) < 4.78 is 40.3. The number of likely N-dealkylation sites (N-methyl/N-ethyl adjacent to an activating group) is 1. The number of hydrogen-bond acceptors (Lipinski definition) is 1. The van der Waals surface area contributed by atoms with Gasteiger partial charge in [-0.2, -0.15) is 13.2 Å². The normalized spacial score (nSPS) is 24.5. The Bertz CT molecular complexity index is 664. The second-order valence-electron chi connectivity index (χ2n) is 6.06. The standard InChI is InChI=1S/C18H18F3N/c1-22(2)16-12-17(16,13-8-4-3-5-9-13)14-10-6-7-11-15(14)18(19,20)21/h3-11,16H,12H2,1-2H3. The number of nitrogens with zero attached hydrogens (tertiary/aromatic N) is 1. The van der Waals surface area contributed by atoms with Crippen LogP contribution < -0.4 is 0 Å². The van der Waals surface area contributed by atoms with Crippen LogP contribution in [0, 0.1) is 0 Å². The van der Waals surface area contributed by atoms with Crippen molar-refractivity contribution in [2.45, 2.75) is 24.1 Å². The third-order valence-electron chi connectivity index (χ3n) is 4.55. The minimum atomic E-state index is -4.34. The molecule has 4 heteroatoms. The first-order chi connectivity index (χ1) is 10.4. The van der Waals surface area contributed by atoms with E-state index in [-0.39, 0.29) is 6.04 Å².